The first-order valence-electron chi connectivity index (χ1n) is 10.1. The highest BCUT2D eigenvalue weighted by Crippen LogP contribution is 2.41. The van der Waals surface area contributed by atoms with Crippen molar-refractivity contribution in [1.82, 2.24) is 4.98 Å². The second-order valence-corrected chi connectivity index (χ2v) is 7.14. The van der Waals surface area contributed by atoms with E-state index in [9.17, 15) is 14.7 Å². The van der Waals surface area contributed by atoms with Gasteiger partial charge in [-0.3, -0.25) is 14.5 Å². The lowest BCUT2D eigenvalue weighted by Crippen LogP contribution is -2.30. The molecule has 6 heteroatoms. The lowest BCUT2D eigenvalue weighted by molar-refractivity contribution is -0.132. The zero-order valence-corrected chi connectivity index (χ0v) is 17.1. The zero-order chi connectivity index (χ0) is 21.8. The number of nitrogens with zero attached hydrogens (tertiary/aromatic N) is 2. The molecule has 3 aromatic rings. The summed E-state index contributed by atoms with van der Waals surface area (Å²) in [6, 6.07) is 20.3. The van der Waals surface area contributed by atoms with Crippen molar-refractivity contribution in [2.75, 3.05) is 11.5 Å². The molecule has 1 aliphatic heterocycles. The van der Waals surface area contributed by atoms with Crippen LogP contribution in [0.15, 0.2) is 84.6 Å². The number of carbonyl (C=O) groups is 2. The summed E-state index contributed by atoms with van der Waals surface area (Å²) < 4.78 is 5.58. The number of ether oxygens (including phenoxy) is 1. The Morgan fingerprint density at radius 1 is 1.00 bits per heavy atom. The molecule has 1 N–H and O–H groups in total. The average molecular weight is 414 g/mol. The van der Waals surface area contributed by atoms with Gasteiger partial charge in [0, 0.05) is 11.8 Å². The quantitative estimate of drug-likeness (QED) is 0.365. The van der Waals surface area contributed by atoms with Gasteiger partial charge in [-0.1, -0.05) is 43.3 Å². The van der Waals surface area contributed by atoms with Crippen LogP contribution in [0.3, 0.4) is 0 Å². The minimum atomic E-state index is -0.785. The maximum Gasteiger partial charge on any atom is 0.301 e. The molecule has 0 unspecified atom stereocenters. The smallest absolute Gasteiger partial charge is 0.301 e. The van der Waals surface area contributed by atoms with E-state index >= 15 is 0 Å². The Hall–Kier alpha value is -3.93. The average Bonchev–Trinajstić information content (AvgIpc) is 3.09. The second-order valence-electron chi connectivity index (χ2n) is 7.14. The summed E-state index contributed by atoms with van der Waals surface area (Å²) in [6.07, 6.45) is 2.45. The van der Waals surface area contributed by atoms with E-state index in [0.29, 0.717) is 29.3 Å². The molecular formula is C25H22N2O4. The number of amides is 1. The molecular weight excluding hydrogens is 392 g/mol. The third-order valence-corrected chi connectivity index (χ3v) is 5.06. The lowest BCUT2D eigenvalue weighted by Gasteiger charge is -2.24. The minimum Gasteiger partial charge on any atom is -0.507 e. The van der Waals surface area contributed by atoms with Gasteiger partial charge in [0.05, 0.1) is 18.2 Å². The number of hydrogen-bond acceptors (Lipinski definition) is 5. The van der Waals surface area contributed by atoms with E-state index in [0.717, 1.165) is 6.42 Å². The van der Waals surface area contributed by atoms with Crippen molar-refractivity contribution in [3.63, 3.8) is 0 Å². The van der Waals surface area contributed by atoms with E-state index in [1.165, 1.54) is 4.90 Å². The zero-order valence-electron chi connectivity index (χ0n) is 17.1. The van der Waals surface area contributed by atoms with E-state index in [1.807, 2.05) is 37.3 Å². The Bertz CT molecular complexity index is 1110. The minimum absolute atomic E-state index is 0.0316. The molecule has 1 amide bonds. The fourth-order valence-electron chi connectivity index (χ4n) is 3.60. The number of ketones is 1. The predicted molar refractivity (Wildman–Crippen MR) is 118 cm³/mol. The maximum atomic E-state index is 13.0. The fraction of sp³-hybridized carbons (Fsp3) is 0.160. The van der Waals surface area contributed by atoms with Crippen LogP contribution in [0.2, 0.25) is 0 Å². The third-order valence-electron chi connectivity index (χ3n) is 5.06. The molecule has 1 fully saturated rings. The van der Waals surface area contributed by atoms with Crippen LogP contribution in [-0.2, 0) is 9.59 Å². The van der Waals surface area contributed by atoms with Gasteiger partial charge in [-0.2, -0.15) is 0 Å². The number of benzene rings is 2. The number of rotatable bonds is 6. The molecule has 6 nitrogen and oxygen atoms in total. The summed E-state index contributed by atoms with van der Waals surface area (Å²) in [6.45, 7) is 2.61. The van der Waals surface area contributed by atoms with Crippen LogP contribution in [0.5, 0.6) is 5.75 Å². The van der Waals surface area contributed by atoms with E-state index < -0.39 is 17.7 Å². The highest BCUT2D eigenvalue weighted by molar-refractivity contribution is 6.51. The monoisotopic (exact) mass is 414 g/mol. The van der Waals surface area contributed by atoms with E-state index in [-0.39, 0.29) is 11.3 Å². The first kappa shape index (κ1) is 20.3. The number of pyridine rings is 1. The number of aliphatic hydroxyl groups is 1. The molecule has 0 radical (unpaired) electrons. The largest absolute Gasteiger partial charge is 0.507 e. The van der Waals surface area contributed by atoms with E-state index in [2.05, 4.69) is 4.98 Å². The van der Waals surface area contributed by atoms with E-state index in [1.54, 1.807) is 48.7 Å². The molecule has 1 aromatic heterocycles. The molecule has 31 heavy (non-hydrogen) atoms. The highest BCUT2D eigenvalue weighted by atomic mass is 16.5. The summed E-state index contributed by atoms with van der Waals surface area (Å²) in [5.41, 5.74) is 1.17. The molecule has 156 valence electrons. The van der Waals surface area contributed by atoms with Crippen molar-refractivity contribution < 1.29 is 19.4 Å². The molecule has 1 atom stereocenters. The predicted octanol–water partition coefficient (Wildman–Crippen LogP) is 4.50. The fourth-order valence-corrected chi connectivity index (χ4v) is 3.60. The first-order chi connectivity index (χ1) is 15.1. The van der Waals surface area contributed by atoms with Crippen molar-refractivity contribution in [3.05, 3.63) is 95.7 Å². The Morgan fingerprint density at radius 2 is 1.71 bits per heavy atom. The van der Waals surface area contributed by atoms with Gasteiger partial charge in [-0.05, 0) is 48.4 Å². The number of hydrogen-bond donors (Lipinski definition) is 1. The van der Waals surface area contributed by atoms with Gasteiger partial charge in [0.15, 0.2) is 0 Å². The van der Waals surface area contributed by atoms with E-state index in [4.69, 9.17) is 4.74 Å². The van der Waals surface area contributed by atoms with Crippen LogP contribution in [0, 0.1) is 0 Å². The first-order valence-corrected chi connectivity index (χ1v) is 10.1. The molecule has 1 saturated heterocycles. The lowest BCUT2D eigenvalue weighted by atomic mass is 9.95. The molecule has 4 rings (SSSR count). The van der Waals surface area contributed by atoms with Crippen LogP contribution >= 0.6 is 0 Å². The second kappa shape index (κ2) is 8.83. The summed E-state index contributed by atoms with van der Waals surface area (Å²) in [4.78, 5) is 31.6. The Morgan fingerprint density at radius 3 is 2.35 bits per heavy atom. The molecule has 1 aliphatic rings. The van der Waals surface area contributed by atoms with Gasteiger partial charge in [-0.25, -0.2) is 4.98 Å². The highest BCUT2D eigenvalue weighted by Gasteiger charge is 2.47. The topological polar surface area (TPSA) is 79.7 Å². The number of anilines is 1. The van der Waals surface area contributed by atoms with Gasteiger partial charge in [0.2, 0.25) is 0 Å². The standard InChI is InChI=1S/C25H22N2O4/c1-2-16-31-19-13-11-18(12-14-19)23(28)21-22(17-8-4-3-5-9-17)27(25(30)24(21)29)20-10-6-7-15-26-20/h3-15,22,28H,2,16H2,1H3/b23-21+/t22-/m1/s1. The van der Waals surface area contributed by atoms with Crippen molar-refractivity contribution in [1.29, 1.82) is 0 Å². The molecule has 2 heterocycles. The van der Waals surface area contributed by atoms with Gasteiger partial charge >= 0.3 is 5.91 Å². The molecule has 0 saturated carbocycles. The molecule has 0 spiro atoms. The van der Waals surface area contributed by atoms with Crippen molar-refractivity contribution in [2.45, 2.75) is 19.4 Å². The summed E-state index contributed by atoms with van der Waals surface area (Å²) >= 11 is 0. The van der Waals surface area contributed by atoms with Gasteiger partial charge in [-0.15, -0.1) is 0 Å². The molecule has 0 aliphatic carbocycles. The van der Waals surface area contributed by atoms with Crippen LogP contribution < -0.4 is 9.64 Å². The van der Waals surface area contributed by atoms with Crippen molar-refractivity contribution in [2.24, 2.45) is 0 Å². The Labute approximate surface area is 180 Å². The van der Waals surface area contributed by atoms with Crippen LogP contribution in [0.25, 0.3) is 5.76 Å². The van der Waals surface area contributed by atoms with Crippen LogP contribution in [0.4, 0.5) is 5.82 Å². The Kier molecular flexibility index (Phi) is 5.80. The number of aromatic nitrogens is 1. The van der Waals surface area contributed by atoms with Gasteiger partial charge in [0.25, 0.3) is 5.78 Å². The number of carbonyl (C=O) groups excluding carboxylic acids is 2. The summed E-state index contributed by atoms with van der Waals surface area (Å²) in [7, 11) is 0. The summed E-state index contributed by atoms with van der Waals surface area (Å²) in [5, 5.41) is 11.1. The normalized spacial score (nSPS) is 17.7. The number of Topliss-reactive ketones (excluding diaryl/α,β-unsaturated/α-hetero) is 1. The SMILES string of the molecule is CCCOc1ccc(/C(O)=C2\C(=O)C(=O)N(c3ccccn3)[C@@H]2c2ccccc2)cc1. The van der Waals surface area contributed by atoms with Crippen molar-refractivity contribution >= 4 is 23.3 Å². The molecule has 2 aromatic carbocycles. The van der Waals surface area contributed by atoms with Gasteiger partial charge < -0.3 is 9.84 Å². The number of aliphatic hydroxyl groups excluding tert-OH is 1. The summed E-state index contributed by atoms with van der Waals surface area (Å²) in [5.74, 6) is -0.680. The van der Waals surface area contributed by atoms with Gasteiger partial charge in [0.1, 0.15) is 17.3 Å². The third kappa shape index (κ3) is 3.92. The molecule has 0 bridgehead atoms. The van der Waals surface area contributed by atoms with Crippen LogP contribution in [0.1, 0.15) is 30.5 Å². The maximum absolute atomic E-state index is 13.0. The van der Waals surface area contributed by atoms with Crippen molar-refractivity contribution in [3.8, 4) is 5.75 Å². The Balaban J connectivity index is 1.82. The van der Waals surface area contributed by atoms with Crippen LogP contribution in [-0.4, -0.2) is 28.4 Å².